The first-order valence-corrected chi connectivity index (χ1v) is 8.63. The molecule has 1 unspecified atom stereocenters. The minimum atomic E-state index is -0.446. The largest absolute Gasteiger partial charge is 0.343 e. The van der Waals surface area contributed by atoms with E-state index < -0.39 is 5.25 Å². The molecule has 1 saturated heterocycles. The molecule has 0 bridgehead atoms. The van der Waals surface area contributed by atoms with Crippen molar-refractivity contribution in [1.29, 1.82) is 0 Å². The number of aromatic nitrogens is 1. The first-order valence-electron chi connectivity index (χ1n) is 7.75. The Hall–Kier alpha value is -2.53. The van der Waals surface area contributed by atoms with Gasteiger partial charge in [0, 0.05) is 30.7 Å². The van der Waals surface area contributed by atoms with Crippen molar-refractivity contribution in [2.24, 2.45) is 0 Å². The van der Waals surface area contributed by atoms with E-state index in [9.17, 15) is 9.59 Å². The predicted octanol–water partition coefficient (Wildman–Crippen LogP) is 4.06. The van der Waals surface area contributed by atoms with Crippen molar-refractivity contribution in [2.75, 3.05) is 7.05 Å². The van der Waals surface area contributed by atoms with Gasteiger partial charge in [-0.2, -0.15) is 0 Å². The fourth-order valence-electron chi connectivity index (χ4n) is 3.09. The van der Waals surface area contributed by atoms with E-state index in [0.717, 1.165) is 34.8 Å². The molecule has 1 fully saturated rings. The van der Waals surface area contributed by atoms with Crippen LogP contribution in [0.25, 0.3) is 10.9 Å². The standard InChI is InChI=1S/C19H16N2O2S/c1-20-18(22)17(24-19(20)23)15-8-5-9-16-14(15)10-11-21(16)12-13-6-3-2-4-7-13/h2-11,17H,12H2,1H3. The molecule has 0 aliphatic carbocycles. The number of rotatable bonds is 3. The van der Waals surface area contributed by atoms with Gasteiger partial charge in [0.2, 0.25) is 5.91 Å². The fourth-order valence-corrected chi connectivity index (χ4v) is 4.13. The van der Waals surface area contributed by atoms with Crippen LogP contribution in [0.1, 0.15) is 16.4 Å². The fraction of sp³-hybridized carbons (Fsp3) is 0.158. The van der Waals surface area contributed by atoms with Crippen molar-refractivity contribution >= 4 is 33.8 Å². The molecule has 0 spiro atoms. The molecule has 120 valence electrons. The smallest absolute Gasteiger partial charge is 0.289 e. The van der Waals surface area contributed by atoms with Crippen LogP contribution in [-0.2, 0) is 11.3 Å². The third-order valence-electron chi connectivity index (χ3n) is 4.37. The van der Waals surface area contributed by atoms with E-state index >= 15 is 0 Å². The van der Waals surface area contributed by atoms with Crippen molar-refractivity contribution in [1.82, 2.24) is 9.47 Å². The molecule has 2 heterocycles. The van der Waals surface area contributed by atoms with Gasteiger partial charge in [0.15, 0.2) is 0 Å². The zero-order chi connectivity index (χ0) is 16.7. The second kappa shape index (κ2) is 5.83. The van der Waals surface area contributed by atoms with Gasteiger partial charge in [-0.3, -0.25) is 14.5 Å². The molecule has 0 N–H and O–H groups in total. The van der Waals surface area contributed by atoms with Crippen LogP contribution in [0.15, 0.2) is 60.8 Å². The molecule has 2 amide bonds. The van der Waals surface area contributed by atoms with Gasteiger partial charge in [-0.25, -0.2) is 0 Å². The Morgan fingerprint density at radius 3 is 2.50 bits per heavy atom. The zero-order valence-corrected chi connectivity index (χ0v) is 14.0. The molecule has 4 rings (SSSR count). The number of fused-ring (bicyclic) bond motifs is 1. The summed E-state index contributed by atoms with van der Waals surface area (Å²) < 4.78 is 2.17. The molecular weight excluding hydrogens is 320 g/mol. The summed E-state index contributed by atoms with van der Waals surface area (Å²) in [5.41, 5.74) is 3.21. The van der Waals surface area contributed by atoms with Crippen LogP contribution in [0.5, 0.6) is 0 Å². The molecule has 24 heavy (non-hydrogen) atoms. The normalized spacial score (nSPS) is 17.9. The van der Waals surface area contributed by atoms with Crippen LogP contribution in [0, 0.1) is 0 Å². The van der Waals surface area contributed by atoms with Gasteiger partial charge in [0.05, 0.1) is 0 Å². The van der Waals surface area contributed by atoms with Gasteiger partial charge in [0.1, 0.15) is 5.25 Å². The first-order chi connectivity index (χ1) is 11.6. The van der Waals surface area contributed by atoms with Crippen LogP contribution in [-0.4, -0.2) is 27.7 Å². The number of thioether (sulfide) groups is 1. The Morgan fingerprint density at radius 2 is 1.79 bits per heavy atom. The lowest BCUT2D eigenvalue weighted by atomic mass is 10.1. The van der Waals surface area contributed by atoms with Crippen molar-refractivity contribution in [3.8, 4) is 0 Å². The molecule has 1 aliphatic heterocycles. The van der Waals surface area contributed by atoms with E-state index in [0.29, 0.717) is 0 Å². The number of imide groups is 1. The summed E-state index contributed by atoms with van der Waals surface area (Å²) in [6, 6.07) is 18.2. The second-order valence-corrected chi connectivity index (χ2v) is 6.93. The predicted molar refractivity (Wildman–Crippen MR) is 96.0 cm³/mol. The molecule has 1 atom stereocenters. The summed E-state index contributed by atoms with van der Waals surface area (Å²) in [4.78, 5) is 25.4. The monoisotopic (exact) mass is 336 g/mol. The summed E-state index contributed by atoms with van der Waals surface area (Å²) in [6.07, 6.45) is 2.04. The van der Waals surface area contributed by atoms with E-state index in [1.54, 1.807) is 7.05 Å². The maximum absolute atomic E-state index is 12.3. The van der Waals surface area contributed by atoms with E-state index in [2.05, 4.69) is 22.8 Å². The highest BCUT2D eigenvalue weighted by Gasteiger charge is 2.38. The SMILES string of the molecule is CN1C(=O)SC(c2cccc3c2ccn3Cc2ccccc2)C1=O. The third-order valence-corrected chi connectivity index (χ3v) is 5.54. The lowest BCUT2D eigenvalue weighted by Crippen LogP contribution is -2.24. The van der Waals surface area contributed by atoms with Crippen LogP contribution in [0.2, 0.25) is 0 Å². The van der Waals surface area contributed by atoms with Gasteiger partial charge >= 0.3 is 0 Å². The molecule has 2 aromatic carbocycles. The quantitative estimate of drug-likeness (QED) is 0.724. The van der Waals surface area contributed by atoms with Gasteiger partial charge < -0.3 is 4.57 Å². The summed E-state index contributed by atoms with van der Waals surface area (Å²) in [6.45, 7) is 0.776. The maximum Gasteiger partial charge on any atom is 0.289 e. The van der Waals surface area contributed by atoms with Crippen LogP contribution in [0.4, 0.5) is 4.79 Å². The topological polar surface area (TPSA) is 42.3 Å². The summed E-state index contributed by atoms with van der Waals surface area (Å²) in [7, 11) is 1.54. The van der Waals surface area contributed by atoms with E-state index in [1.807, 2.05) is 42.6 Å². The highest BCUT2D eigenvalue weighted by molar-refractivity contribution is 8.15. The number of carbonyl (C=O) groups is 2. The third kappa shape index (κ3) is 2.41. The van der Waals surface area contributed by atoms with Crippen LogP contribution >= 0.6 is 11.8 Å². The average molecular weight is 336 g/mol. The average Bonchev–Trinajstić information content (AvgIpc) is 3.12. The molecule has 5 heteroatoms. The molecule has 1 aromatic heterocycles. The Balaban J connectivity index is 1.75. The molecule has 1 aliphatic rings. The van der Waals surface area contributed by atoms with Gasteiger partial charge in [-0.05, 0) is 35.0 Å². The lowest BCUT2D eigenvalue weighted by Gasteiger charge is -2.11. The molecule has 0 radical (unpaired) electrons. The van der Waals surface area contributed by atoms with E-state index in [1.165, 1.54) is 10.5 Å². The van der Waals surface area contributed by atoms with Gasteiger partial charge in [0.25, 0.3) is 5.24 Å². The molecule has 4 nitrogen and oxygen atoms in total. The maximum atomic E-state index is 12.3. The minimum absolute atomic E-state index is 0.145. The van der Waals surface area contributed by atoms with E-state index in [-0.39, 0.29) is 11.1 Å². The van der Waals surface area contributed by atoms with E-state index in [4.69, 9.17) is 0 Å². The highest BCUT2D eigenvalue weighted by atomic mass is 32.2. The van der Waals surface area contributed by atoms with Crippen molar-refractivity contribution in [3.05, 3.63) is 71.9 Å². The molecule has 3 aromatic rings. The number of likely N-dealkylation sites (N-methyl/N-ethyl adjacent to an activating group) is 1. The van der Waals surface area contributed by atoms with Crippen molar-refractivity contribution < 1.29 is 9.59 Å². The van der Waals surface area contributed by atoms with Crippen molar-refractivity contribution in [2.45, 2.75) is 11.8 Å². The Bertz CT molecular complexity index is 933. The van der Waals surface area contributed by atoms with Crippen LogP contribution < -0.4 is 0 Å². The number of nitrogens with zero attached hydrogens (tertiary/aromatic N) is 2. The van der Waals surface area contributed by atoms with Crippen molar-refractivity contribution in [3.63, 3.8) is 0 Å². The first kappa shape index (κ1) is 15.0. The summed E-state index contributed by atoms with van der Waals surface area (Å²) >= 11 is 1.09. The number of carbonyl (C=O) groups excluding carboxylic acids is 2. The summed E-state index contributed by atoms with van der Waals surface area (Å²) in [5.74, 6) is -0.145. The summed E-state index contributed by atoms with van der Waals surface area (Å²) in [5, 5.41) is 0.395. The van der Waals surface area contributed by atoms with Gasteiger partial charge in [-0.15, -0.1) is 0 Å². The van der Waals surface area contributed by atoms with Crippen LogP contribution in [0.3, 0.4) is 0 Å². The Kier molecular flexibility index (Phi) is 3.65. The second-order valence-electron chi connectivity index (χ2n) is 5.87. The number of hydrogen-bond acceptors (Lipinski definition) is 3. The highest BCUT2D eigenvalue weighted by Crippen LogP contribution is 2.41. The number of benzene rings is 2. The lowest BCUT2D eigenvalue weighted by molar-refractivity contribution is -0.125. The number of hydrogen-bond donors (Lipinski definition) is 0. The molecule has 0 saturated carbocycles. The number of amides is 2. The molecular formula is C19H16N2O2S. The Morgan fingerprint density at radius 1 is 1.00 bits per heavy atom. The minimum Gasteiger partial charge on any atom is -0.343 e. The van der Waals surface area contributed by atoms with Gasteiger partial charge in [-0.1, -0.05) is 42.5 Å². The zero-order valence-electron chi connectivity index (χ0n) is 13.2. The Labute approximate surface area is 144 Å².